The maximum absolute atomic E-state index is 10.4. The lowest BCUT2D eigenvalue weighted by molar-refractivity contribution is -0.107. The van der Waals surface area contributed by atoms with Gasteiger partial charge in [0.05, 0.1) is 5.69 Å². The van der Waals surface area contributed by atoms with E-state index in [1.54, 1.807) is 6.20 Å². The van der Waals surface area contributed by atoms with Gasteiger partial charge in [0.2, 0.25) is 5.95 Å². The summed E-state index contributed by atoms with van der Waals surface area (Å²) in [4.78, 5) is 21.6. The fraction of sp³-hybridized carbons (Fsp3) is 0.208. The number of nitrogens with one attached hydrogen (secondary N) is 2. The van der Waals surface area contributed by atoms with Crippen LogP contribution in [0.1, 0.15) is 12.0 Å². The van der Waals surface area contributed by atoms with Crippen molar-refractivity contribution in [3.05, 3.63) is 78.5 Å². The number of carbonyl (C=O) groups is 1. The van der Waals surface area contributed by atoms with Crippen molar-refractivity contribution in [2.45, 2.75) is 13.0 Å². The summed E-state index contributed by atoms with van der Waals surface area (Å²) < 4.78 is 0. The van der Waals surface area contributed by atoms with Crippen LogP contribution >= 0.6 is 0 Å². The second kappa shape index (κ2) is 10.9. The molecular weight excluding hydrogens is 374 g/mol. The molecule has 0 bridgehead atoms. The Balaban J connectivity index is 1.68. The number of allylic oxidation sites excluding steroid dienone is 1. The molecule has 3 aromatic rings. The summed E-state index contributed by atoms with van der Waals surface area (Å²) >= 11 is 0. The van der Waals surface area contributed by atoms with Crippen LogP contribution in [0.4, 0.5) is 17.3 Å². The van der Waals surface area contributed by atoms with Crippen molar-refractivity contribution in [2.75, 3.05) is 31.3 Å². The Morgan fingerprint density at radius 2 is 1.87 bits per heavy atom. The summed E-state index contributed by atoms with van der Waals surface area (Å²) in [5.74, 6) is 0.560. The summed E-state index contributed by atoms with van der Waals surface area (Å²) in [5.41, 5.74) is 5.06. The zero-order chi connectivity index (χ0) is 21.2. The number of benzene rings is 2. The van der Waals surface area contributed by atoms with Gasteiger partial charge < -0.3 is 15.4 Å². The van der Waals surface area contributed by atoms with Gasteiger partial charge in [0.25, 0.3) is 0 Å². The molecule has 2 N–H and O–H groups in total. The highest BCUT2D eigenvalue weighted by Crippen LogP contribution is 2.22. The molecule has 6 nitrogen and oxygen atoms in total. The molecule has 3 rings (SSSR count). The average Bonchev–Trinajstić information content (AvgIpc) is 2.77. The minimum absolute atomic E-state index is 0.464. The van der Waals surface area contributed by atoms with Crippen molar-refractivity contribution >= 4 is 23.6 Å². The third-order valence-electron chi connectivity index (χ3n) is 4.55. The Morgan fingerprint density at radius 3 is 2.70 bits per heavy atom. The molecule has 0 spiro atoms. The summed E-state index contributed by atoms with van der Waals surface area (Å²) in [6.07, 6.45) is 7.03. The Kier molecular flexibility index (Phi) is 7.69. The maximum Gasteiger partial charge on any atom is 0.227 e. The number of carbonyl (C=O) groups excluding carboxylic acids is 1. The van der Waals surface area contributed by atoms with Crippen LogP contribution in [0.2, 0.25) is 0 Å². The molecule has 6 heteroatoms. The molecule has 0 saturated heterocycles. The number of rotatable bonds is 10. The van der Waals surface area contributed by atoms with E-state index in [0.717, 1.165) is 42.0 Å². The number of nitrogens with zero attached hydrogens (tertiary/aromatic N) is 3. The highest BCUT2D eigenvalue weighted by Gasteiger charge is 2.05. The second-order valence-electron chi connectivity index (χ2n) is 6.99. The van der Waals surface area contributed by atoms with Crippen LogP contribution in [0.15, 0.2) is 72.9 Å². The average molecular weight is 402 g/mol. The first-order valence-corrected chi connectivity index (χ1v) is 9.92. The number of aldehydes is 1. The fourth-order valence-corrected chi connectivity index (χ4v) is 3.07. The van der Waals surface area contributed by atoms with E-state index < -0.39 is 0 Å². The zero-order valence-corrected chi connectivity index (χ0v) is 17.4. The van der Waals surface area contributed by atoms with Gasteiger partial charge in [-0.1, -0.05) is 36.4 Å². The minimum atomic E-state index is 0.464. The first kappa shape index (κ1) is 21.2. The van der Waals surface area contributed by atoms with E-state index in [2.05, 4.69) is 50.7 Å². The van der Waals surface area contributed by atoms with Crippen LogP contribution in [-0.4, -0.2) is 41.8 Å². The standard InChI is InChI=1S/C24H27N5O/c1-25-21-10-7-9-20(17-21)23-12-13-26-24(28-23)27-22-11-6-8-19(16-22)18-29(2)14-4-3-5-15-30/h3-4,6-13,15-17,25H,5,14,18H2,1-2H3,(H,26,27,28)/b4-3+. The molecule has 0 aliphatic carbocycles. The van der Waals surface area contributed by atoms with Crippen molar-refractivity contribution in [3.63, 3.8) is 0 Å². The normalized spacial score (nSPS) is 11.0. The van der Waals surface area contributed by atoms with E-state index in [1.807, 2.05) is 55.6 Å². The fourth-order valence-electron chi connectivity index (χ4n) is 3.07. The molecule has 1 heterocycles. The molecule has 0 amide bonds. The molecule has 0 aliphatic heterocycles. The van der Waals surface area contributed by atoms with E-state index >= 15 is 0 Å². The topological polar surface area (TPSA) is 70.2 Å². The highest BCUT2D eigenvalue weighted by atomic mass is 16.1. The van der Waals surface area contributed by atoms with E-state index in [1.165, 1.54) is 5.56 Å². The Bertz CT molecular complexity index is 1000. The van der Waals surface area contributed by atoms with E-state index in [0.29, 0.717) is 12.4 Å². The van der Waals surface area contributed by atoms with Gasteiger partial charge >= 0.3 is 0 Å². The molecule has 0 fully saturated rings. The van der Waals surface area contributed by atoms with E-state index in [4.69, 9.17) is 0 Å². The number of anilines is 3. The molecule has 154 valence electrons. The van der Waals surface area contributed by atoms with Gasteiger partial charge in [-0.05, 0) is 42.9 Å². The van der Waals surface area contributed by atoms with Crippen molar-refractivity contribution in [1.29, 1.82) is 0 Å². The molecule has 2 aromatic carbocycles. The first-order valence-electron chi connectivity index (χ1n) is 9.92. The predicted molar refractivity (Wildman–Crippen MR) is 123 cm³/mol. The van der Waals surface area contributed by atoms with Crippen molar-refractivity contribution in [2.24, 2.45) is 0 Å². The third kappa shape index (κ3) is 6.25. The largest absolute Gasteiger partial charge is 0.388 e. The molecule has 30 heavy (non-hydrogen) atoms. The van der Waals surface area contributed by atoms with Gasteiger partial charge in [0, 0.05) is 49.7 Å². The molecular formula is C24H27N5O. The third-order valence-corrected chi connectivity index (χ3v) is 4.55. The lowest BCUT2D eigenvalue weighted by Crippen LogP contribution is -2.17. The predicted octanol–water partition coefficient (Wildman–Crippen LogP) is 4.51. The van der Waals surface area contributed by atoms with Crippen LogP contribution in [0, 0.1) is 0 Å². The van der Waals surface area contributed by atoms with E-state index in [9.17, 15) is 4.79 Å². The lowest BCUT2D eigenvalue weighted by atomic mass is 10.1. The van der Waals surface area contributed by atoms with Gasteiger partial charge in [0.15, 0.2) is 0 Å². The van der Waals surface area contributed by atoms with Crippen LogP contribution in [0.25, 0.3) is 11.3 Å². The summed E-state index contributed by atoms with van der Waals surface area (Å²) in [6, 6.07) is 18.2. The zero-order valence-electron chi connectivity index (χ0n) is 17.4. The van der Waals surface area contributed by atoms with Gasteiger partial charge in [-0.2, -0.15) is 0 Å². The number of hydrogen-bond acceptors (Lipinski definition) is 6. The molecule has 0 saturated carbocycles. The Morgan fingerprint density at radius 1 is 1.03 bits per heavy atom. The number of aromatic nitrogens is 2. The highest BCUT2D eigenvalue weighted by molar-refractivity contribution is 5.66. The summed E-state index contributed by atoms with van der Waals surface area (Å²) in [6.45, 7) is 1.60. The summed E-state index contributed by atoms with van der Waals surface area (Å²) in [7, 11) is 3.95. The van der Waals surface area contributed by atoms with Gasteiger partial charge in [-0.25, -0.2) is 9.97 Å². The Hall–Kier alpha value is -3.51. The van der Waals surface area contributed by atoms with Crippen LogP contribution in [0.3, 0.4) is 0 Å². The summed E-state index contributed by atoms with van der Waals surface area (Å²) in [5, 5.41) is 6.46. The maximum atomic E-state index is 10.4. The molecule has 0 aliphatic rings. The van der Waals surface area contributed by atoms with Crippen molar-refractivity contribution < 1.29 is 4.79 Å². The second-order valence-corrected chi connectivity index (χ2v) is 6.99. The van der Waals surface area contributed by atoms with Crippen LogP contribution < -0.4 is 10.6 Å². The van der Waals surface area contributed by atoms with Crippen LogP contribution in [-0.2, 0) is 11.3 Å². The van der Waals surface area contributed by atoms with Gasteiger partial charge in [0.1, 0.15) is 6.29 Å². The quantitative estimate of drug-likeness (QED) is 0.385. The first-order chi connectivity index (χ1) is 14.7. The SMILES string of the molecule is CNc1cccc(-c2ccnc(Nc3cccc(CN(C)C/C=C/CC=O)c3)n2)c1. The monoisotopic (exact) mass is 401 g/mol. The molecule has 0 unspecified atom stereocenters. The van der Waals surface area contributed by atoms with Gasteiger partial charge in [-0.15, -0.1) is 0 Å². The van der Waals surface area contributed by atoms with Crippen molar-refractivity contribution in [3.8, 4) is 11.3 Å². The lowest BCUT2D eigenvalue weighted by Gasteiger charge is -2.15. The smallest absolute Gasteiger partial charge is 0.227 e. The van der Waals surface area contributed by atoms with E-state index in [-0.39, 0.29) is 0 Å². The van der Waals surface area contributed by atoms with Gasteiger partial charge in [-0.3, -0.25) is 4.90 Å². The number of hydrogen-bond donors (Lipinski definition) is 2. The molecule has 1 aromatic heterocycles. The molecule has 0 atom stereocenters. The minimum Gasteiger partial charge on any atom is -0.388 e. The molecule has 0 radical (unpaired) electrons. The Labute approximate surface area is 177 Å². The number of likely N-dealkylation sites (N-methyl/N-ethyl adjacent to an activating group) is 1. The van der Waals surface area contributed by atoms with Crippen LogP contribution in [0.5, 0.6) is 0 Å². The van der Waals surface area contributed by atoms with Crippen molar-refractivity contribution in [1.82, 2.24) is 14.9 Å².